The maximum atomic E-state index is 12.5. The molecule has 1 aliphatic heterocycles. The van der Waals surface area contributed by atoms with Crippen LogP contribution < -0.4 is 10.2 Å². The highest BCUT2D eigenvalue weighted by atomic mass is 16.2. The number of nitrogens with one attached hydrogen (secondary N) is 1. The van der Waals surface area contributed by atoms with E-state index in [-0.39, 0.29) is 5.91 Å². The quantitative estimate of drug-likeness (QED) is 0.785. The molecular weight excluding hydrogens is 326 g/mol. The summed E-state index contributed by atoms with van der Waals surface area (Å²) in [5, 5.41) is 3.99. The second kappa shape index (κ2) is 7.49. The number of carbonyl (C=O) groups excluding carboxylic acids is 1. The fourth-order valence-corrected chi connectivity index (χ4v) is 3.28. The summed E-state index contributed by atoms with van der Waals surface area (Å²) >= 11 is 0. The van der Waals surface area contributed by atoms with Gasteiger partial charge in [-0.1, -0.05) is 12.1 Å². The van der Waals surface area contributed by atoms with Crippen LogP contribution in [0.3, 0.4) is 0 Å². The van der Waals surface area contributed by atoms with Crippen molar-refractivity contribution in [1.82, 2.24) is 14.9 Å². The number of anilines is 2. The maximum Gasteiger partial charge on any atom is 0.238 e. The van der Waals surface area contributed by atoms with Crippen molar-refractivity contribution in [2.75, 3.05) is 42.9 Å². The van der Waals surface area contributed by atoms with E-state index in [9.17, 15) is 4.79 Å². The molecule has 0 spiro atoms. The molecule has 1 fully saturated rings. The standard InChI is InChI=1S/C20H21N5O/c26-20(23-18-7-3-6-17-16(18)5-4-10-21-17)15-24-11-13-25(14-12-24)19-8-1-2-9-22-19/h1-10H,11-15H2,(H,23,26). The van der Waals surface area contributed by atoms with Crippen LogP contribution >= 0.6 is 0 Å². The number of pyridine rings is 2. The molecule has 3 aromatic rings. The van der Waals surface area contributed by atoms with Crippen LogP contribution in [0.1, 0.15) is 0 Å². The molecule has 1 aromatic carbocycles. The van der Waals surface area contributed by atoms with Crippen molar-refractivity contribution in [1.29, 1.82) is 0 Å². The number of nitrogens with zero attached hydrogens (tertiary/aromatic N) is 4. The van der Waals surface area contributed by atoms with Crippen molar-refractivity contribution >= 4 is 28.3 Å². The Morgan fingerprint density at radius 1 is 0.923 bits per heavy atom. The minimum absolute atomic E-state index is 0.00707. The molecule has 1 saturated heterocycles. The van der Waals surface area contributed by atoms with Crippen molar-refractivity contribution in [2.45, 2.75) is 0 Å². The van der Waals surface area contributed by atoms with E-state index in [2.05, 4.69) is 25.1 Å². The number of amides is 1. The summed E-state index contributed by atoms with van der Waals surface area (Å²) < 4.78 is 0. The minimum atomic E-state index is 0.00707. The van der Waals surface area contributed by atoms with Crippen LogP contribution in [0.4, 0.5) is 11.5 Å². The second-order valence-electron chi connectivity index (χ2n) is 6.37. The van der Waals surface area contributed by atoms with Crippen LogP contribution in [-0.4, -0.2) is 53.5 Å². The summed E-state index contributed by atoms with van der Waals surface area (Å²) in [4.78, 5) is 25.6. The van der Waals surface area contributed by atoms with Crippen LogP contribution in [0.5, 0.6) is 0 Å². The fraction of sp³-hybridized carbons (Fsp3) is 0.250. The van der Waals surface area contributed by atoms with Gasteiger partial charge < -0.3 is 10.2 Å². The Hall–Kier alpha value is -2.99. The number of carbonyl (C=O) groups is 1. The number of rotatable bonds is 4. The number of hydrogen-bond acceptors (Lipinski definition) is 5. The molecule has 0 unspecified atom stereocenters. The van der Waals surface area contributed by atoms with Gasteiger partial charge in [-0.05, 0) is 36.4 Å². The number of hydrogen-bond donors (Lipinski definition) is 1. The predicted octanol–water partition coefficient (Wildman–Crippen LogP) is 2.39. The number of piperazine rings is 1. The van der Waals surface area contributed by atoms with E-state index in [1.54, 1.807) is 6.20 Å². The SMILES string of the molecule is O=C(CN1CCN(c2ccccn2)CC1)Nc1cccc2ncccc12. The lowest BCUT2D eigenvalue weighted by Gasteiger charge is -2.34. The lowest BCUT2D eigenvalue weighted by molar-refractivity contribution is -0.117. The zero-order valence-corrected chi connectivity index (χ0v) is 14.5. The molecule has 0 aliphatic carbocycles. The van der Waals surface area contributed by atoms with Crippen molar-refractivity contribution in [3.8, 4) is 0 Å². The molecular formula is C20H21N5O. The van der Waals surface area contributed by atoms with Gasteiger partial charge >= 0.3 is 0 Å². The fourth-order valence-electron chi connectivity index (χ4n) is 3.28. The highest BCUT2D eigenvalue weighted by molar-refractivity contribution is 6.01. The van der Waals surface area contributed by atoms with E-state index in [1.165, 1.54) is 0 Å². The Labute approximate surface area is 152 Å². The Morgan fingerprint density at radius 3 is 2.58 bits per heavy atom. The molecule has 6 heteroatoms. The van der Waals surface area contributed by atoms with Gasteiger partial charge in [-0.15, -0.1) is 0 Å². The minimum Gasteiger partial charge on any atom is -0.354 e. The molecule has 1 N–H and O–H groups in total. The third-order valence-electron chi connectivity index (χ3n) is 4.63. The second-order valence-corrected chi connectivity index (χ2v) is 6.37. The van der Waals surface area contributed by atoms with E-state index in [1.807, 2.05) is 54.7 Å². The topological polar surface area (TPSA) is 61.4 Å². The van der Waals surface area contributed by atoms with Gasteiger partial charge in [0.2, 0.25) is 5.91 Å². The first kappa shape index (κ1) is 16.5. The lowest BCUT2D eigenvalue weighted by atomic mass is 10.2. The Kier molecular flexibility index (Phi) is 4.75. The van der Waals surface area contributed by atoms with Crippen molar-refractivity contribution in [3.05, 3.63) is 60.9 Å². The molecule has 1 aliphatic rings. The van der Waals surface area contributed by atoms with Crippen molar-refractivity contribution in [3.63, 3.8) is 0 Å². The molecule has 1 amide bonds. The summed E-state index contributed by atoms with van der Waals surface area (Å²) in [6.07, 6.45) is 3.57. The normalized spacial score (nSPS) is 15.2. The Morgan fingerprint density at radius 2 is 1.77 bits per heavy atom. The Bertz CT molecular complexity index is 886. The molecule has 3 heterocycles. The number of benzene rings is 1. The third-order valence-corrected chi connectivity index (χ3v) is 4.63. The third kappa shape index (κ3) is 3.65. The first-order valence-electron chi connectivity index (χ1n) is 8.81. The van der Waals surface area contributed by atoms with Crippen LogP contribution in [0, 0.1) is 0 Å². The van der Waals surface area contributed by atoms with Crippen molar-refractivity contribution in [2.24, 2.45) is 0 Å². The van der Waals surface area contributed by atoms with E-state index < -0.39 is 0 Å². The molecule has 6 nitrogen and oxygen atoms in total. The van der Waals surface area contributed by atoms with E-state index in [0.717, 1.165) is 48.6 Å². The van der Waals surface area contributed by atoms with Gasteiger partial charge in [0.1, 0.15) is 5.82 Å². The van der Waals surface area contributed by atoms with E-state index in [0.29, 0.717) is 6.54 Å². The summed E-state index contributed by atoms with van der Waals surface area (Å²) in [5.74, 6) is 1.01. The van der Waals surface area contributed by atoms with Gasteiger partial charge in [-0.3, -0.25) is 14.7 Å². The zero-order chi connectivity index (χ0) is 17.8. The highest BCUT2D eigenvalue weighted by Gasteiger charge is 2.20. The van der Waals surface area contributed by atoms with E-state index in [4.69, 9.17) is 0 Å². The van der Waals surface area contributed by atoms with Crippen LogP contribution in [0.2, 0.25) is 0 Å². The summed E-state index contributed by atoms with van der Waals surface area (Å²) in [7, 11) is 0. The largest absolute Gasteiger partial charge is 0.354 e. The Balaban J connectivity index is 1.34. The molecule has 0 atom stereocenters. The smallest absolute Gasteiger partial charge is 0.238 e. The monoisotopic (exact) mass is 347 g/mol. The molecule has 132 valence electrons. The average molecular weight is 347 g/mol. The average Bonchev–Trinajstić information content (AvgIpc) is 2.69. The van der Waals surface area contributed by atoms with Crippen LogP contribution in [-0.2, 0) is 4.79 Å². The van der Waals surface area contributed by atoms with Gasteiger partial charge in [0.15, 0.2) is 0 Å². The van der Waals surface area contributed by atoms with Gasteiger partial charge in [0.25, 0.3) is 0 Å². The van der Waals surface area contributed by atoms with Gasteiger partial charge in [0, 0.05) is 44.0 Å². The van der Waals surface area contributed by atoms with Crippen molar-refractivity contribution < 1.29 is 4.79 Å². The van der Waals surface area contributed by atoms with Gasteiger partial charge in [-0.25, -0.2) is 4.98 Å². The molecule has 0 bridgehead atoms. The summed E-state index contributed by atoms with van der Waals surface area (Å²) in [5.41, 5.74) is 1.70. The van der Waals surface area contributed by atoms with Crippen LogP contribution in [0.15, 0.2) is 60.9 Å². The zero-order valence-electron chi connectivity index (χ0n) is 14.5. The van der Waals surface area contributed by atoms with Gasteiger partial charge in [-0.2, -0.15) is 0 Å². The first-order chi connectivity index (χ1) is 12.8. The molecule has 26 heavy (non-hydrogen) atoms. The predicted molar refractivity (Wildman–Crippen MR) is 103 cm³/mol. The van der Waals surface area contributed by atoms with Crippen LogP contribution in [0.25, 0.3) is 10.9 Å². The molecule has 0 radical (unpaired) electrons. The highest BCUT2D eigenvalue weighted by Crippen LogP contribution is 2.21. The lowest BCUT2D eigenvalue weighted by Crippen LogP contribution is -2.48. The molecule has 4 rings (SSSR count). The summed E-state index contributed by atoms with van der Waals surface area (Å²) in [6, 6.07) is 15.6. The molecule has 2 aromatic heterocycles. The summed E-state index contributed by atoms with van der Waals surface area (Å²) in [6.45, 7) is 3.85. The van der Waals surface area contributed by atoms with E-state index >= 15 is 0 Å². The first-order valence-corrected chi connectivity index (χ1v) is 8.81. The number of aromatic nitrogens is 2. The van der Waals surface area contributed by atoms with Gasteiger partial charge in [0.05, 0.1) is 17.7 Å². The molecule has 0 saturated carbocycles. The maximum absolute atomic E-state index is 12.5. The number of fused-ring (bicyclic) bond motifs is 1.